The largest absolute Gasteiger partial charge is 0.508 e. The van der Waals surface area contributed by atoms with Crippen LogP contribution >= 0.6 is 0 Å². The Morgan fingerprint density at radius 1 is 1.15 bits per heavy atom. The number of carbonyl (C=O) groups is 1. The number of phenols is 2. The monoisotopic (exact) mass is 273 g/mol. The number of amides is 1. The average Bonchev–Trinajstić information content (AvgIpc) is 2.43. The third kappa shape index (κ3) is 2.83. The van der Waals surface area contributed by atoms with Crippen LogP contribution in [0, 0.1) is 6.92 Å². The van der Waals surface area contributed by atoms with Crippen LogP contribution in [0.15, 0.2) is 36.4 Å². The van der Waals surface area contributed by atoms with E-state index < -0.39 is 5.91 Å². The molecule has 0 fully saturated rings. The molecular weight excluding hydrogens is 258 g/mol. The van der Waals surface area contributed by atoms with E-state index >= 15 is 0 Å². The van der Waals surface area contributed by atoms with E-state index in [1.807, 2.05) is 6.92 Å². The van der Waals surface area contributed by atoms with Gasteiger partial charge in [-0.2, -0.15) is 0 Å². The summed E-state index contributed by atoms with van der Waals surface area (Å²) in [4.78, 5) is 12.1. The van der Waals surface area contributed by atoms with Crippen molar-refractivity contribution >= 4 is 11.6 Å². The summed E-state index contributed by atoms with van der Waals surface area (Å²) in [5.41, 5.74) is 1.45. The molecule has 0 aliphatic carbocycles. The number of aryl methyl sites for hydroxylation is 1. The van der Waals surface area contributed by atoms with Gasteiger partial charge in [0, 0.05) is 5.69 Å². The van der Waals surface area contributed by atoms with Crippen LogP contribution in [0.1, 0.15) is 15.9 Å². The Kier molecular flexibility index (Phi) is 3.79. The predicted molar refractivity (Wildman–Crippen MR) is 75.5 cm³/mol. The number of rotatable bonds is 3. The summed E-state index contributed by atoms with van der Waals surface area (Å²) < 4.78 is 5.09. The van der Waals surface area contributed by atoms with E-state index in [0.717, 1.165) is 5.56 Å². The Morgan fingerprint density at radius 3 is 2.55 bits per heavy atom. The fraction of sp³-hybridized carbons (Fsp3) is 0.133. The van der Waals surface area contributed by atoms with Gasteiger partial charge in [-0.1, -0.05) is 0 Å². The highest BCUT2D eigenvalue weighted by Crippen LogP contribution is 2.25. The number of benzene rings is 2. The van der Waals surface area contributed by atoms with Crippen LogP contribution in [0.3, 0.4) is 0 Å². The van der Waals surface area contributed by atoms with Crippen molar-refractivity contribution in [2.24, 2.45) is 0 Å². The van der Waals surface area contributed by atoms with Crippen LogP contribution in [-0.4, -0.2) is 23.2 Å². The van der Waals surface area contributed by atoms with Crippen molar-refractivity contribution in [1.29, 1.82) is 0 Å². The minimum Gasteiger partial charge on any atom is -0.508 e. The zero-order valence-corrected chi connectivity index (χ0v) is 11.2. The zero-order chi connectivity index (χ0) is 14.7. The SMILES string of the molecule is COc1ccc(NC(=O)c2cc(O)ccc2O)c(C)c1. The van der Waals surface area contributed by atoms with E-state index in [2.05, 4.69) is 5.32 Å². The third-order valence-corrected chi connectivity index (χ3v) is 2.91. The van der Waals surface area contributed by atoms with E-state index in [1.54, 1.807) is 25.3 Å². The number of carbonyl (C=O) groups excluding carboxylic acids is 1. The molecule has 0 atom stereocenters. The van der Waals surface area contributed by atoms with Gasteiger partial charge in [0.15, 0.2) is 0 Å². The molecule has 2 rings (SSSR count). The molecule has 5 heteroatoms. The van der Waals surface area contributed by atoms with Crippen LogP contribution in [0.2, 0.25) is 0 Å². The Bertz CT molecular complexity index is 652. The van der Waals surface area contributed by atoms with Gasteiger partial charge < -0.3 is 20.3 Å². The highest BCUT2D eigenvalue weighted by molar-refractivity contribution is 6.06. The molecule has 2 aromatic rings. The fourth-order valence-electron chi connectivity index (χ4n) is 1.80. The number of phenolic OH excluding ortho intramolecular Hbond substituents is 2. The number of anilines is 1. The number of aromatic hydroxyl groups is 2. The van der Waals surface area contributed by atoms with E-state index in [4.69, 9.17) is 4.74 Å². The normalized spacial score (nSPS) is 10.1. The lowest BCUT2D eigenvalue weighted by atomic mass is 10.1. The van der Waals surface area contributed by atoms with Gasteiger partial charge in [0.05, 0.1) is 12.7 Å². The van der Waals surface area contributed by atoms with Crippen LogP contribution in [0.25, 0.3) is 0 Å². The third-order valence-electron chi connectivity index (χ3n) is 2.91. The molecule has 0 bridgehead atoms. The molecule has 0 aromatic heterocycles. The van der Waals surface area contributed by atoms with Crippen LogP contribution in [0.5, 0.6) is 17.2 Å². The van der Waals surface area contributed by atoms with E-state index in [-0.39, 0.29) is 17.1 Å². The summed E-state index contributed by atoms with van der Waals surface area (Å²) in [5, 5.41) is 21.7. The Morgan fingerprint density at radius 2 is 1.90 bits per heavy atom. The summed E-state index contributed by atoms with van der Waals surface area (Å²) in [5.74, 6) is -0.0711. The van der Waals surface area contributed by atoms with Gasteiger partial charge >= 0.3 is 0 Å². The van der Waals surface area contributed by atoms with Crippen LogP contribution in [0.4, 0.5) is 5.69 Å². The summed E-state index contributed by atoms with van der Waals surface area (Å²) in [6.45, 7) is 1.83. The van der Waals surface area contributed by atoms with Gasteiger partial charge in [-0.3, -0.25) is 4.79 Å². The van der Waals surface area contributed by atoms with Crippen molar-refractivity contribution in [3.05, 3.63) is 47.5 Å². The summed E-state index contributed by atoms with van der Waals surface area (Å²) in [6, 6.07) is 9.02. The number of nitrogens with one attached hydrogen (secondary N) is 1. The lowest BCUT2D eigenvalue weighted by Crippen LogP contribution is -2.13. The minimum atomic E-state index is -0.494. The maximum atomic E-state index is 12.1. The smallest absolute Gasteiger partial charge is 0.259 e. The number of methoxy groups -OCH3 is 1. The van der Waals surface area contributed by atoms with Crippen molar-refractivity contribution in [2.75, 3.05) is 12.4 Å². The highest BCUT2D eigenvalue weighted by atomic mass is 16.5. The number of ether oxygens (including phenoxy) is 1. The molecule has 0 aliphatic heterocycles. The lowest BCUT2D eigenvalue weighted by molar-refractivity contribution is 0.102. The van der Waals surface area contributed by atoms with Crippen molar-refractivity contribution in [3.63, 3.8) is 0 Å². The van der Waals surface area contributed by atoms with E-state index in [0.29, 0.717) is 11.4 Å². The van der Waals surface area contributed by atoms with Gasteiger partial charge in [-0.05, 0) is 48.9 Å². The first kappa shape index (κ1) is 13.7. The molecule has 0 spiro atoms. The first-order valence-electron chi connectivity index (χ1n) is 5.99. The summed E-state index contributed by atoms with van der Waals surface area (Å²) in [6.07, 6.45) is 0. The molecule has 20 heavy (non-hydrogen) atoms. The number of hydrogen-bond donors (Lipinski definition) is 3. The molecule has 0 aliphatic rings. The highest BCUT2D eigenvalue weighted by Gasteiger charge is 2.13. The summed E-state index contributed by atoms with van der Waals surface area (Å²) >= 11 is 0. The van der Waals surface area contributed by atoms with Crippen LogP contribution in [-0.2, 0) is 0 Å². The Hall–Kier alpha value is -2.69. The van der Waals surface area contributed by atoms with Gasteiger partial charge in [-0.15, -0.1) is 0 Å². The van der Waals surface area contributed by atoms with Crippen molar-refractivity contribution in [1.82, 2.24) is 0 Å². The predicted octanol–water partition coefficient (Wildman–Crippen LogP) is 2.67. The molecule has 2 aromatic carbocycles. The van der Waals surface area contributed by atoms with Crippen molar-refractivity contribution in [3.8, 4) is 17.2 Å². The van der Waals surface area contributed by atoms with Crippen LogP contribution < -0.4 is 10.1 Å². The lowest BCUT2D eigenvalue weighted by Gasteiger charge is -2.11. The second kappa shape index (κ2) is 5.52. The van der Waals surface area contributed by atoms with Gasteiger partial charge in [-0.25, -0.2) is 0 Å². The molecule has 0 saturated carbocycles. The first-order valence-corrected chi connectivity index (χ1v) is 5.99. The van der Waals surface area contributed by atoms with E-state index in [1.165, 1.54) is 18.2 Å². The standard InChI is InChI=1S/C15H15NO4/c1-9-7-11(20-2)4-5-13(9)16-15(19)12-8-10(17)3-6-14(12)18/h3-8,17-18H,1-2H3,(H,16,19). The van der Waals surface area contributed by atoms with Crippen molar-refractivity contribution in [2.45, 2.75) is 6.92 Å². The molecular formula is C15H15NO4. The fourth-order valence-corrected chi connectivity index (χ4v) is 1.80. The zero-order valence-electron chi connectivity index (χ0n) is 11.2. The quantitative estimate of drug-likeness (QED) is 0.751. The van der Waals surface area contributed by atoms with Gasteiger partial charge in [0.1, 0.15) is 17.2 Å². The molecule has 0 heterocycles. The van der Waals surface area contributed by atoms with Gasteiger partial charge in [0.25, 0.3) is 5.91 Å². The molecule has 1 amide bonds. The summed E-state index contributed by atoms with van der Waals surface area (Å²) in [7, 11) is 1.57. The first-order chi connectivity index (χ1) is 9.51. The molecule has 5 nitrogen and oxygen atoms in total. The molecule has 0 radical (unpaired) electrons. The van der Waals surface area contributed by atoms with Crippen molar-refractivity contribution < 1.29 is 19.7 Å². The second-order valence-corrected chi connectivity index (χ2v) is 4.34. The maximum absolute atomic E-state index is 12.1. The molecule has 104 valence electrons. The molecule has 3 N–H and O–H groups in total. The Labute approximate surface area is 116 Å². The van der Waals surface area contributed by atoms with E-state index in [9.17, 15) is 15.0 Å². The Balaban J connectivity index is 2.25. The topological polar surface area (TPSA) is 78.8 Å². The molecule has 0 saturated heterocycles. The average molecular weight is 273 g/mol. The second-order valence-electron chi connectivity index (χ2n) is 4.34. The van der Waals surface area contributed by atoms with Gasteiger partial charge in [0.2, 0.25) is 0 Å². The molecule has 0 unspecified atom stereocenters. The minimum absolute atomic E-state index is 0.0141. The maximum Gasteiger partial charge on any atom is 0.259 e. The number of hydrogen-bond acceptors (Lipinski definition) is 4.